The lowest BCUT2D eigenvalue weighted by Gasteiger charge is -2.27. The fourth-order valence-electron chi connectivity index (χ4n) is 3.49. The van der Waals surface area contributed by atoms with Gasteiger partial charge in [0, 0.05) is 23.2 Å². The van der Waals surface area contributed by atoms with E-state index in [1.807, 2.05) is 62.4 Å². The molecule has 2 N–H and O–H groups in total. The fraction of sp³-hybridized carbons (Fsp3) is 0.364. The molecular weight excluding hydrogens is 324 g/mol. The van der Waals surface area contributed by atoms with Crippen molar-refractivity contribution in [3.05, 3.63) is 59.7 Å². The molecule has 136 valence electrons. The second-order valence-corrected chi connectivity index (χ2v) is 7.21. The van der Waals surface area contributed by atoms with Gasteiger partial charge in [0.1, 0.15) is 0 Å². The smallest absolute Gasteiger partial charge is 0.227 e. The zero-order chi connectivity index (χ0) is 18.5. The van der Waals surface area contributed by atoms with Crippen LogP contribution >= 0.6 is 0 Å². The molecule has 0 atom stereocenters. The summed E-state index contributed by atoms with van der Waals surface area (Å²) >= 11 is 0. The van der Waals surface area contributed by atoms with Gasteiger partial charge >= 0.3 is 0 Å². The van der Waals surface area contributed by atoms with Crippen LogP contribution in [-0.2, 0) is 9.59 Å². The highest BCUT2D eigenvalue weighted by molar-refractivity contribution is 5.95. The van der Waals surface area contributed by atoms with E-state index in [0.29, 0.717) is 0 Å². The summed E-state index contributed by atoms with van der Waals surface area (Å²) in [5, 5.41) is 6.03. The van der Waals surface area contributed by atoms with Gasteiger partial charge in [-0.05, 0) is 68.9 Å². The number of aryl methyl sites for hydroxylation is 2. The molecule has 4 nitrogen and oxygen atoms in total. The third-order valence-corrected chi connectivity index (χ3v) is 5.16. The van der Waals surface area contributed by atoms with E-state index in [1.54, 1.807) is 0 Å². The summed E-state index contributed by atoms with van der Waals surface area (Å²) in [6, 6.07) is 15.6. The topological polar surface area (TPSA) is 58.2 Å². The zero-order valence-corrected chi connectivity index (χ0v) is 15.4. The number of benzene rings is 2. The van der Waals surface area contributed by atoms with Crippen molar-refractivity contribution in [2.24, 2.45) is 11.8 Å². The molecule has 2 aromatic carbocycles. The molecule has 2 aromatic rings. The van der Waals surface area contributed by atoms with E-state index in [-0.39, 0.29) is 23.7 Å². The monoisotopic (exact) mass is 350 g/mol. The van der Waals surface area contributed by atoms with Crippen LogP contribution in [-0.4, -0.2) is 11.8 Å². The van der Waals surface area contributed by atoms with E-state index in [0.717, 1.165) is 48.2 Å². The SMILES string of the molecule is Cc1ccc(C)c(NC(=O)C2CCC(C(=O)Nc3ccccc3)CC2)c1. The molecule has 0 aliphatic heterocycles. The number of hydrogen-bond donors (Lipinski definition) is 2. The van der Waals surface area contributed by atoms with E-state index in [4.69, 9.17) is 0 Å². The summed E-state index contributed by atoms with van der Waals surface area (Å²) in [6.45, 7) is 4.02. The van der Waals surface area contributed by atoms with E-state index >= 15 is 0 Å². The van der Waals surface area contributed by atoms with Crippen LogP contribution < -0.4 is 10.6 Å². The van der Waals surface area contributed by atoms with Crippen molar-refractivity contribution < 1.29 is 9.59 Å². The summed E-state index contributed by atoms with van der Waals surface area (Å²) in [7, 11) is 0. The Morgan fingerprint density at radius 1 is 0.808 bits per heavy atom. The van der Waals surface area contributed by atoms with E-state index < -0.39 is 0 Å². The molecule has 0 spiro atoms. The minimum Gasteiger partial charge on any atom is -0.326 e. The third-order valence-electron chi connectivity index (χ3n) is 5.16. The van der Waals surface area contributed by atoms with Crippen molar-refractivity contribution in [3.8, 4) is 0 Å². The maximum atomic E-state index is 12.6. The summed E-state index contributed by atoms with van der Waals surface area (Å²) in [4.78, 5) is 25.0. The highest BCUT2D eigenvalue weighted by Gasteiger charge is 2.30. The number of carbonyl (C=O) groups is 2. The van der Waals surface area contributed by atoms with Crippen LogP contribution in [0.3, 0.4) is 0 Å². The molecule has 0 unspecified atom stereocenters. The Balaban J connectivity index is 1.52. The van der Waals surface area contributed by atoms with Gasteiger partial charge in [-0.3, -0.25) is 9.59 Å². The molecule has 0 radical (unpaired) electrons. The van der Waals surface area contributed by atoms with Gasteiger partial charge in [-0.25, -0.2) is 0 Å². The van der Waals surface area contributed by atoms with Crippen molar-refractivity contribution >= 4 is 23.2 Å². The molecule has 0 bridgehead atoms. The molecule has 0 saturated heterocycles. The molecule has 1 fully saturated rings. The quantitative estimate of drug-likeness (QED) is 0.840. The molecule has 1 saturated carbocycles. The maximum absolute atomic E-state index is 12.6. The molecule has 3 rings (SSSR count). The largest absolute Gasteiger partial charge is 0.326 e. The van der Waals surface area contributed by atoms with E-state index in [2.05, 4.69) is 10.6 Å². The van der Waals surface area contributed by atoms with E-state index in [1.165, 1.54) is 0 Å². The lowest BCUT2D eigenvalue weighted by atomic mass is 9.81. The Kier molecular flexibility index (Phi) is 5.71. The van der Waals surface area contributed by atoms with Gasteiger partial charge in [0.2, 0.25) is 11.8 Å². The maximum Gasteiger partial charge on any atom is 0.227 e. The first-order chi connectivity index (χ1) is 12.5. The van der Waals surface area contributed by atoms with Crippen LogP contribution in [0.2, 0.25) is 0 Å². The number of carbonyl (C=O) groups excluding carboxylic acids is 2. The van der Waals surface area contributed by atoms with Crippen LogP contribution in [0.4, 0.5) is 11.4 Å². The molecule has 0 aromatic heterocycles. The molecule has 4 heteroatoms. The van der Waals surface area contributed by atoms with Crippen LogP contribution in [0.15, 0.2) is 48.5 Å². The minimum absolute atomic E-state index is 0.0139. The Hall–Kier alpha value is -2.62. The van der Waals surface area contributed by atoms with Crippen LogP contribution in [0.5, 0.6) is 0 Å². The van der Waals surface area contributed by atoms with Gasteiger partial charge in [-0.1, -0.05) is 30.3 Å². The summed E-state index contributed by atoms with van der Waals surface area (Å²) in [5.41, 5.74) is 3.92. The Morgan fingerprint density at radius 3 is 2.00 bits per heavy atom. The van der Waals surface area contributed by atoms with Crippen molar-refractivity contribution in [1.29, 1.82) is 0 Å². The average molecular weight is 350 g/mol. The molecule has 1 aliphatic carbocycles. The third kappa shape index (κ3) is 4.51. The van der Waals surface area contributed by atoms with Gasteiger partial charge in [-0.15, -0.1) is 0 Å². The first-order valence-electron chi connectivity index (χ1n) is 9.27. The molecule has 26 heavy (non-hydrogen) atoms. The predicted molar refractivity (Wildman–Crippen MR) is 105 cm³/mol. The van der Waals surface area contributed by atoms with Gasteiger partial charge in [-0.2, -0.15) is 0 Å². The first kappa shape index (κ1) is 18.2. The van der Waals surface area contributed by atoms with Gasteiger partial charge in [0.25, 0.3) is 0 Å². The molecule has 0 heterocycles. The molecule has 1 aliphatic rings. The summed E-state index contributed by atoms with van der Waals surface area (Å²) in [6.07, 6.45) is 3.01. The highest BCUT2D eigenvalue weighted by Crippen LogP contribution is 2.31. The van der Waals surface area contributed by atoms with Crippen molar-refractivity contribution in [1.82, 2.24) is 0 Å². The average Bonchev–Trinajstić information content (AvgIpc) is 2.65. The molecule has 2 amide bonds. The lowest BCUT2D eigenvalue weighted by Crippen LogP contribution is -2.32. The highest BCUT2D eigenvalue weighted by atomic mass is 16.2. The molecular formula is C22H26N2O2. The van der Waals surface area contributed by atoms with Gasteiger partial charge < -0.3 is 10.6 Å². The van der Waals surface area contributed by atoms with Crippen LogP contribution in [0, 0.1) is 25.7 Å². The second-order valence-electron chi connectivity index (χ2n) is 7.21. The number of para-hydroxylation sites is 1. The Bertz CT molecular complexity index is 778. The number of amides is 2. The predicted octanol–water partition coefficient (Wildman–Crippen LogP) is 4.69. The minimum atomic E-state index is -0.0179. The van der Waals surface area contributed by atoms with Crippen LogP contribution in [0.1, 0.15) is 36.8 Å². The van der Waals surface area contributed by atoms with Crippen molar-refractivity contribution in [2.45, 2.75) is 39.5 Å². The normalized spacial score (nSPS) is 19.6. The standard InChI is InChI=1S/C22H26N2O2/c1-15-8-9-16(2)20(14-15)24-22(26)18-12-10-17(11-13-18)21(25)23-19-6-4-3-5-7-19/h3-9,14,17-18H,10-13H2,1-2H3,(H,23,25)(H,24,26). The summed E-state index contributed by atoms with van der Waals surface area (Å²) < 4.78 is 0. The number of rotatable bonds is 4. The number of anilines is 2. The van der Waals surface area contributed by atoms with Crippen molar-refractivity contribution in [3.63, 3.8) is 0 Å². The second kappa shape index (κ2) is 8.17. The van der Waals surface area contributed by atoms with E-state index in [9.17, 15) is 9.59 Å². The van der Waals surface area contributed by atoms with Gasteiger partial charge in [0.05, 0.1) is 0 Å². The zero-order valence-electron chi connectivity index (χ0n) is 15.4. The lowest BCUT2D eigenvalue weighted by molar-refractivity contribution is -0.125. The van der Waals surface area contributed by atoms with Crippen molar-refractivity contribution in [2.75, 3.05) is 10.6 Å². The number of nitrogens with one attached hydrogen (secondary N) is 2. The fourth-order valence-corrected chi connectivity index (χ4v) is 3.49. The Labute approximate surface area is 155 Å². The summed E-state index contributed by atoms with van der Waals surface area (Å²) in [5.74, 6) is 0.0980. The number of hydrogen-bond acceptors (Lipinski definition) is 2. The Morgan fingerprint density at radius 2 is 1.38 bits per heavy atom. The van der Waals surface area contributed by atoms with Crippen LogP contribution in [0.25, 0.3) is 0 Å². The first-order valence-corrected chi connectivity index (χ1v) is 9.27. The van der Waals surface area contributed by atoms with Gasteiger partial charge in [0.15, 0.2) is 0 Å².